The predicted octanol–water partition coefficient (Wildman–Crippen LogP) is 2.41. The van der Waals surface area contributed by atoms with Crippen molar-refractivity contribution >= 4 is 11.8 Å². The van der Waals surface area contributed by atoms with Crippen LogP contribution in [0.15, 0.2) is 24.5 Å². The van der Waals surface area contributed by atoms with Crippen LogP contribution in [0.4, 0.5) is 0 Å². The first-order valence-electron chi connectivity index (χ1n) is 11.4. The fourth-order valence-electron chi connectivity index (χ4n) is 5.74. The second-order valence-electron chi connectivity index (χ2n) is 9.59. The van der Waals surface area contributed by atoms with Crippen LogP contribution in [0.1, 0.15) is 55.3 Å². The summed E-state index contributed by atoms with van der Waals surface area (Å²) < 4.78 is 0. The van der Waals surface area contributed by atoms with Gasteiger partial charge in [0, 0.05) is 63.6 Å². The summed E-state index contributed by atoms with van der Waals surface area (Å²) in [6.07, 6.45) is 11.5. The molecule has 0 aromatic carbocycles. The van der Waals surface area contributed by atoms with E-state index in [-0.39, 0.29) is 11.8 Å². The number of amides is 2. The van der Waals surface area contributed by atoms with Crippen LogP contribution in [-0.4, -0.2) is 76.8 Å². The topological polar surface area (TPSA) is 56.8 Å². The molecule has 0 unspecified atom stereocenters. The van der Waals surface area contributed by atoms with Gasteiger partial charge in [0.25, 0.3) is 5.91 Å². The maximum atomic E-state index is 13.0. The van der Waals surface area contributed by atoms with Crippen LogP contribution in [0.25, 0.3) is 0 Å². The van der Waals surface area contributed by atoms with Gasteiger partial charge in [-0.1, -0.05) is 6.42 Å². The molecule has 0 bridgehead atoms. The third-order valence-corrected chi connectivity index (χ3v) is 7.94. The number of carbonyl (C=O) groups is 2. The number of piperidine rings is 1. The fraction of sp³-hybridized carbons (Fsp3) is 0.696. The Morgan fingerprint density at radius 1 is 0.966 bits per heavy atom. The van der Waals surface area contributed by atoms with Gasteiger partial charge in [0.05, 0.1) is 5.56 Å². The van der Waals surface area contributed by atoms with E-state index < -0.39 is 0 Å². The van der Waals surface area contributed by atoms with Crippen molar-refractivity contribution in [1.29, 1.82) is 0 Å². The molecule has 0 N–H and O–H groups in total. The summed E-state index contributed by atoms with van der Waals surface area (Å²) >= 11 is 0. The van der Waals surface area contributed by atoms with E-state index in [2.05, 4.69) is 14.8 Å². The van der Waals surface area contributed by atoms with Crippen LogP contribution in [0.5, 0.6) is 0 Å². The minimum absolute atomic E-state index is 0.0873. The predicted molar refractivity (Wildman–Crippen MR) is 110 cm³/mol. The van der Waals surface area contributed by atoms with Crippen LogP contribution in [0.3, 0.4) is 0 Å². The minimum atomic E-state index is 0.0873. The Labute approximate surface area is 173 Å². The normalized spacial score (nSPS) is 25.5. The van der Waals surface area contributed by atoms with Crippen molar-refractivity contribution < 1.29 is 9.59 Å². The highest BCUT2D eigenvalue weighted by Crippen LogP contribution is 2.53. The van der Waals surface area contributed by atoms with Crippen molar-refractivity contribution in [3.8, 4) is 0 Å². The van der Waals surface area contributed by atoms with Crippen LogP contribution in [-0.2, 0) is 4.79 Å². The van der Waals surface area contributed by atoms with E-state index in [9.17, 15) is 9.59 Å². The lowest BCUT2D eigenvalue weighted by atomic mass is 9.57. The molecular formula is C23H32N4O2. The number of pyridine rings is 1. The van der Waals surface area contributed by atoms with E-state index in [0.29, 0.717) is 16.9 Å². The summed E-state index contributed by atoms with van der Waals surface area (Å²) in [5.41, 5.74) is 0.964. The monoisotopic (exact) mass is 396 g/mol. The molecule has 0 radical (unpaired) electrons. The van der Waals surface area contributed by atoms with Gasteiger partial charge in [0.1, 0.15) is 0 Å². The Morgan fingerprint density at radius 2 is 1.69 bits per heavy atom. The molecule has 4 fully saturated rings. The number of likely N-dealkylation sites (tertiary alicyclic amines) is 1. The quantitative estimate of drug-likeness (QED) is 0.787. The van der Waals surface area contributed by atoms with Gasteiger partial charge in [-0.25, -0.2) is 0 Å². The van der Waals surface area contributed by atoms with Crippen molar-refractivity contribution in [2.75, 3.05) is 39.3 Å². The molecule has 2 saturated carbocycles. The number of hydrogen-bond acceptors (Lipinski definition) is 4. The van der Waals surface area contributed by atoms with Gasteiger partial charge < -0.3 is 9.80 Å². The molecule has 1 aromatic heterocycles. The molecule has 2 amide bonds. The molecule has 0 atom stereocenters. The second-order valence-corrected chi connectivity index (χ2v) is 9.59. The molecule has 2 saturated heterocycles. The van der Waals surface area contributed by atoms with Crippen molar-refractivity contribution in [3.05, 3.63) is 30.1 Å². The summed E-state index contributed by atoms with van der Waals surface area (Å²) in [5, 5.41) is 0. The summed E-state index contributed by atoms with van der Waals surface area (Å²) in [5.74, 6) is 0.688. The maximum Gasteiger partial charge on any atom is 0.255 e. The highest BCUT2D eigenvalue weighted by atomic mass is 16.2. The number of piperazine rings is 1. The maximum absolute atomic E-state index is 13.0. The second kappa shape index (κ2) is 7.71. The van der Waals surface area contributed by atoms with Crippen molar-refractivity contribution in [2.45, 2.75) is 51.0 Å². The zero-order valence-corrected chi connectivity index (χ0v) is 17.3. The third kappa shape index (κ3) is 3.67. The van der Waals surface area contributed by atoms with Crippen LogP contribution < -0.4 is 0 Å². The number of hydrogen-bond donors (Lipinski definition) is 0. The first-order valence-corrected chi connectivity index (χ1v) is 11.4. The van der Waals surface area contributed by atoms with Gasteiger partial charge in [0.15, 0.2) is 0 Å². The molecule has 29 heavy (non-hydrogen) atoms. The highest BCUT2D eigenvalue weighted by molar-refractivity contribution is 5.94. The number of carbonyl (C=O) groups excluding carboxylic acids is 2. The number of rotatable bonds is 3. The van der Waals surface area contributed by atoms with E-state index in [4.69, 9.17) is 0 Å². The standard InChI is InChI=1S/C23H32N4O2/c28-21(18-3-2-8-24-17-18)26-9-6-23(7-10-26)15-19(16-23)22(29)27-13-11-25(12-14-27)20-4-1-5-20/h2-3,8,17,19-20H,1,4-7,9-16H2. The summed E-state index contributed by atoms with van der Waals surface area (Å²) in [4.78, 5) is 36.3. The average Bonchev–Trinajstić information content (AvgIpc) is 2.71. The van der Waals surface area contributed by atoms with Gasteiger partial charge in [0.2, 0.25) is 5.91 Å². The molecule has 6 nitrogen and oxygen atoms in total. The molecule has 156 valence electrons. The lowest BCUT2D eigenvalue weighted by Crippen LogP contribution is -2.57. The molecule has 3 heterocycles. The molecule has 5 rings (SSSR count). The number of aromatic nitrogens is 1. The highest BCUT2D eigenvalue weighted by Gasteiger charge is 2.50. The van der Waals surface area contributed by atoms with Crippen LogP contribution >= 0.6 is 0 Å². The molecule has 1 spiro atoms. The van der Waals surface area contributed by atoms with Gasteiger partial charge in [-0.2, -0.15) is 0 Å². The molecule has 2 aliphatic heterocycles. The average molecular weight is 397 g/mol. The van der Waals surface area contributed by atoms with Gasteiger partial charge in [-0.3, -0.25) is 19.5 Å². The smallest absolute Gasteiger partial charge is 0.255 e. The summed E-state index contributed by atoms with van der Waals surface area (Å²) in [6, 6.07) is 4.44. The fourth-order valence-corrected chi connectivity index (χ4v) is 5.74. The zero-order valence-electron chi connectivity index (χ0n) is 17.3. The Hall–Kier alpha value is -1.95. The summed E-state index contributed by atoms with van der Waals surface area (Å²) in [7, 11) is 0. The van der Waals surface area contributed by atoms with Crippen LogP contribution in [0, 0.1) is 11.3 Å². The van der Waals surface area contributed by atoms with Crippen molar-refractivity contribution in [3.63, 3.8) is 0 Å². The SMILES string of the molecule is O=C(c1cccnc1)N1CCC2(CC1)CC(C(=O)N1CCN(C3CCC3)CC1)C2. The Kier molecular flexibility index (Phi) is 5.06. The number of nitrogens with zero attached hydrogens (tertiary/aromatic N) is 4. The first kappa shape index (κ1) is 19.0. The Balaban J connectivity index is 1.08. The third-order valence-electron chi connectivity index (χ3n) is 7.94. The van der Waals surface area contributed by atoms with E-state index in [1.54, 1.807) is 12.4 Å². The molecule has 2 aliphatic carbocycles. The van der Waals surface area contributed by atoms with E-state index in [0.717, 1.165) is 71.0 Å². The van der Waals surface area contributed by atoms with Gasteiger partial charge in [-0.05, 0) is 56.1 Å². The zero-order chi connectivity index (χ0) is 19.8. The van der Waals surface area contributed by atoms with Crippen molar-refractivity contribution in [2.24, 2.45) is 11.3 Å². The molecule has 6 heteroatoms. The van der Waals surface area contributed by atoms with E-state index in [1.807, 2.05) is 17.0 Å². The Morgan fingerprint density at radius 3 is 2.28 bits per heavy atom. The first-order chi connectivity index (χ1) is 14.1. The van der Waals surface area contributed by atoms with Crippen LogP contribution in [0.2, 0.25) is 0 Å². The van der Waals surface area contributed by atoms with E-state index >= 15 is 0 Å². The van der Waals surface area contributed by atoms with E-state index in [1.165, 1.54) is 19.3 Å². The minimum Gasteiger partial charge on any atom is -0.340 e. The van der Waals surface area contributed by atoms with Crippen molar-refractivity contribution in [1.82, 2.24) is 19.7 Å². The lowest BCUT2D eigenvalue weighted by molar-refractivity contribution is -0.148. The largest absolute Gasteiger partial charge is 0.340 e. The van der Waals surface area contributed by atoms with Gasteiger partial charge >= 0.3 is 0 Å². The Bertz CT molecular complexity index is 739. The molecule has 1 aromatic rings. The summed E-state index contributed by atoms with van der Waals surface area (Å²) in [6.45, 7) is 5.53. The molecular weight excluding hydrogens is 364 g/mol. The lowest BCUT2D eigenvalue weighted by Gasteiger charge is -2.53. The van der Waals surface area contributed by atoms with Gasteiger partial charge in [-0.15, -0.1) is 0 Å². The molecule has 4 aliphatic rings.